The highest BCUT2D eigenvalue weighted by Gasteiger charge is 2.35. The molecule has 0 radical (unpaired) electrons. The van der Waals surface area contributed by atoms with Crippen molar-refractivity contribution in [1.29, 1.82) is 0 Å². The molecule has 2 aromatic heterocycles. The normalized spacial score (nSPS) is 16.1. The van der Waals surface area contributed by atoms with Gasteiger partial charge in [-0.1, -0.05) is 12.1 Å². The number of rotatable bonds is 5. The molecule has 1 saturated carbocycles. The van der Waals surface area contributed by atoms with Crippen LogP contribution in [0.3, 0.4) is 0 Å². The standard InChI is InChI=1S/C18H19FN4/c1-22(12-16-10-21-17-11-20-8-9-23(16)17)18(13-2-3-13)14-4-6-15(19)7-5-14/h4-11,13,18H,2-3,12H2,1H3/t18-/m0/s1. The average molecular weight is 310 g/mol. The zero-order chi connectivity index (χ0) is 15.8. The summed E-state index contributed by atoms with van der Waals surface area (Å²) in [4.78, 5) is 10.8. The third-order valence-electron chi connectivity index (χ3n) is 4.56. The van der Waals surface area contributed by atoms with Crippen molar-refractivity contribution in [3.63, 3.8) is 0 Å². The molecule has 2 heterocycles. The maximum absolute atomic E-state index is 13.2. The summed E-state index contributed by atoms with van der Waals surface area (Å²) < 4.78 is 15.3. The Morgan fingerprint density at radius 1 is 1.26 bits per heavy atom. The molecule has 1 fully saturated rings. The fourth-order valence-electron chi connectivity index (χ4n) is 3.32. The fraction of sp³-hybridized carbons (Fsp3) is 0.333. The number of fused-ring (bicyclic) bond motifs is 1. The van der Waals surface area contributed by atoms with Crippen molar-refractivity contribution < 1.29 is 4.39 Å². The second-order valence-corrected chi connectivity index (χ2v) is 6.30. The zero-order valence-electron chi connectivity index (χ0n) is 13.1. The first-order valence-corrected chi connectivity index (χ1v) is 7.94. The van der Waals surface area contributed by atoms with E-state index in [1.807, 2.05) is 24.5 Å². The van der Waals surface area contributed by atoms with E-state index < -0.39 is 0 Å². The number of hydrogen-bond donors (Lipinski definition) is 0. The molecule has 23 heavy (non-hydrogen) atoms. The van der Waals surface area contributed by atoms with Gasteiger partial charge >= 0.3 is 0 Å². The molecule has 5 heteroatoms. The van der Waals surface area contributed by atoms with Crippen molar-refractivity contribution in [2.24, 2.45) is 5.92 Å². The van der Waals surface area contributed by atoms with Gasteiger partial charge in [0.2, 0.25) is 0 Å². The van der Waals surface area contributed by atoms with Gasteiger partial charge in [-0.3, -0.25) is 14.3 Å². The lowest BCUT2D eigenvalue weighted by Crippen LogP contribution is -2.26. The van der Waals surface area contributed by atoms with Crippen LogP contribution in [0.4, 0.5) is 4.39 Å². The summed E-state index contributed by atoms with van der Waals surface area (Å²) in [5.41, 5.74) is 3.19. The lowest BCUT2D eigenvalue weighted by Gasteiger charge is -2.28. The van der Waals surface area contributed by atoms with E-state index in [2.05, 4.69) is 26.3 Å². The minimum atomic E-state index is -0.180. The van der Waals surface area contributed by atoms with Gasteiger partial charge in [0, 0.05) is 25.0 Å². The molecule has 0 saturated heterocycles. The van der Waals surface area contributed by atoms with Crippen molar-refractivity contribution >= 4 is 5.65 Å². The molecular formula is C18H19FN4. The Labute approximate surface area is 134 Å². The number of hydrogen-bond acceptors (Lipinski definition) is 3. The highest BCUT2D eigenvalue weighted by Crippen LogP contribution is 2.44. The molecule has 0 unspecified atom stereocenters. The number of halogens is 1. The molecule has 1 aliphatic rings. The van der Waals surface area contributed by atoms with Crippen LogP contribution in [0, 0.1) is 11.7 Å². The highest BCUT2D eigenvalue weighted by atomic mass is 19.1. The summed E-state index contributed by atoms with van der Waals surface area (Å²) in [6.45, 7) is 0.795. The van der Waals surface area contributed by atoms with Crippen molar-refractivity contribution in [1.82, 2.24) is 19.3 Å². The maximum atomic E-state index is 13.2. The summed E-state index contributed by atoms with van der Waals surface area (Å²) in [5, 5.41) is 0. The van der Waals surface area contributed by atoms with E-state index in [0.717, 1.165) is 17.9 Å². The molecule has 0 spiro atoms. The van der Waals surface area contributed by atoms with Gasteiger partial charge in [-0.25, -0.2) is 9.37 Å². The van der Waals surface area contributed by atoms with Gasteiger partial charge in [-0.15, -0.1) is 0 Å². The van der Waals surface area contributed by atoms with Gasteiger partial charge in [-0.05, 0) is 43.5 Å². The Hall–Kier alpha value is -2.27. The summed E-state index contributed by atoms with van der Waals surface area (Å²) in [6.07, 6.45) is 9.86. The average Bonchev–Trinajstić information content (AvgIpc) is 3.31. The number of aromatic nitrogens is 3. The van der Waals surface area contributed by atoms with Gasteiger partial charge in [0.25, 0.3) is 0 Å². The molecule has 4 nitrogen and oxygen atoms in total. The van der Waals surface area contributed by atoms with Gasteiger partial charge in [0.05, 0.1) is 18.1 Å². The Morgan fingerprint density at radius 2 is 2.04 bits per heavy atom. The third kappa shape index (κ3) is 2.84. The minimum Gasteiger partial charge on any atom is -0.300 e. The predicted octanol–water partition coefficient (Wildman–Crippen LogP) is 3.45. The molecule has 1 aliphatic carbocycles. The number of nitrogens with zero attached hydrogens (tertiary/aromatic N) is 4. The Bertz CT molecular complexity index is 807. The molecular weight excluding hydrogens is 291 g/mol. The minimum absolute atomic E-state index is 0.180. The molecule has 0 aliphatic heterocycles. The first-order valence-electron chi connectivity index (χ1n) is 7.94. The van der Waals surface area contributed by atoms with E-state index >= 15 is 0 Å². The first-order chi connectivity index (χ1) is 11.2. The molecule has 0 N–H and O–H groups in total. The lowest BCUT2D eigenvalue weighted by atomic mass is 10.0. The van der Waals surface area contributed by atoms with Crippen LogP contribution in [0.5, 0.6) is 0 Å². The van der Waals surface area contributed by atoms with Crippen LogP contribution in [-0.2, 0) is 6.54 Å². The third-order valence-corrected chi connectivity index (χ3v) is 4.56. The largest absolute Gasteiger partial charge is 0.300 e. The van der Waals surface area contributed by atoms with Gasteiger partial charge in [0.1, 0.15) is 5.82 Å². The maximum Gasteiger partial charge on any atom is 0.155 e. The van der Waals surface area contributed by atoms with Crippen LogP contribution in [-0.4, -0.2) is 26.3 Å². The van der Waals surface area contributed by atoms with Crippen LogP contribution in [0.15, 0.2) is 49.1 Å². The number of benzene rings is 1. The van der Waals surface area contributed by atoms with Crippen molar-refractivity contribution in [2.75, 3.05) is 7.05 Å². The Kier molecular flexibility index (Phi) is 3.58. The van der Waals surface area contributed by atoms with E-state index in [0.29, 0.717) is 12.0 Å². The molecule has 0 bridgehead atoms. The van der Waals surface area contributed by atoms with Crippen LogP contribution in [0.25, 0.3) is 5.65 Å². The molecule has 4 rings (SSSR count). The van der Waals surface area contributed by atoms with Crippen molar-refractivity contribution in [3.8, 4) is 0 Å². The van der Waals surface area contributed by atoms with E-state index in [-0.39, 0.29) is 5.82 Å². The quantitative estimate of drug-likeness (QED) is 0.724. The smallest absolute Gasteiger partial charge is 0.155 e. The lowest BCUT2D eigenvalue weighted by molar-refractivity contribution is 0.209. The Balaban J connectivity index is 1.60. The van der Waals surface area contributed by atoms with Crippen LogP contribution >= 0.6 is 0 Å². The molecule has 118 valence electrons. The van der Waals surface area contributed by atoms with E-state index in [1.165, 1.54) is 18.4 Å². The molecule has 3 aromatic rings. The Morgan fingerprint density at radius 3 is 2.78 bits per heavy atom. The second-order valence-electron chi connectivity index (χ2n) is 6.30. The van der Waals surface area contributed by atoms with Crippen molar-refractivity contribution in [2.45, 2.75) is 25.4 Å². The summed E-state index contributed by atoms with van der Waals surface area (Å²) in [7, 11) is 2.13. The van der Waals surface area contributed by atoms with Crippen LogP contribution < -0.4 is 0 Å². The summed E-state index contributed by atoms with van der Waals surface area (Å²) in [6, 6.07) is 7.25. The zero-order valence-corrected chi connectivity index (χ0v) is 13.1. The number of imidazole rings is 1. The van der Waals surface area contributed by atoms with Crippen LogP contribution in [0.2, 0.25) is 0 Å². The summed E-state index contributed by atoms with van der Waals surface area (Å²) in [5.74, 6) is 0.478. The summed E-state index contributed by atoms with van der Waals surface area (Å²) >= 11 is 0. The predicted molar refractivity (Wildman–Crippen MR) is 86.3 cm³/mol. The van der Waals surface area contributed by atoms with Gasteiger partial charge in [0.15, 0.2) is 5.65 Å². The van der Waals surface area contributed by atoms with Gasteiger partial charge in [-0.2, -0.15) is 0 Å². The second kappa shape index (κ2) is 5.74. The fourth-order valence-corrected chi connectivity index (χ4v) is 3.32. The van der Waals surface area contributed by atoms with Crippen molar-refractivity contribution in [3.05, 3.63) is 66.1 Å². The van der Waals surface area contributed by atoms with Crippen LogP contribution in [0.1, 0.15) is 30.1 Å². The molecule has 1 atom stereocenters. The van der Waals surface area contributed by atoms with Gasteiger partial charge < -0.3 is 0 Å². The SMILES string of the molecule is CN(Cc1cnc2cnccn12)[C@H](c1ccc(F)cc1)C1CC1. The first kappa shape index (κ1) is 14.3. The van der Waals surface area contributed by atoms with E-state index in [9.17, 15) is 4.39 Å². The highest BCUT2D eigenvalue weighted by molar-refractivity contribution is 5.37. The molecule has 1 aromatic carbocycles. The van der Waals surface area contributed by atoms with E-state index in [1.54, 1.807) is 24.5 Å². The molecule has 0 amide bonds. The monoisotopic (exact) mass is 310 g/mol. The topological polar surface area (TPSA) is 33.4 Å². The van der Waals surface area contributed by atoms with E-state index in [4.69, 9.17) is 0 Å².